The van der Waals surface area contributed by atoms with Gasteiger partial charge in [-0.3, -0.25) is 0 Å². The molecule has 0 atom stereocenters. The molecule has 2 aromatic rings. The Labute approximate surface area is 118 Å². The minimum absolute atomic E-state index is 0.226. The summed E-state index contributed by atoms with van der Waals surface area (Å²) in [5.41, 5.74) is 1.52. The van der Waals surface area contributed by atoms with E-state index in [1.54, 1.807) is 0 Å². The van der Waals surface area contributed by atoms with E-state index in [4.69, 9.17) is 0 Å². The third-order valence-electron chi connectivity index (χ3n) is 3.58. The summed E-state index contributed by atoms with van der Waals surface area (Å²) in [5, 5.41) is 4.89. The first kappa shape index (κ1) is 13.6. The van der Waals surface area contributed by atoms with Gasteiger partial charge in [0.2, 0.25) is 0 Å². The number of nitrogens with zero attached hydrogens (tertiary/aromatic N) is 1. The van der Waals surface area contributed by atoms with Crippen LogP contribution in [0.2, 0.25) is 0 Å². The maximum Gasteiger partial charge on any atom is 0.0492 e. The van der Waals surface area contributed by atoms with Crippen LogP contribution in [-0.2, 0) is 6.54 Å². The van der Waals surface area contributed by atoms with E-state index in [9.17, 15) is 0 Å². The van der Waals surface area contributed by atoms with Gasteiger partial charge in [0.25, 0.3) is 0 Å². The smallest absolute Gasteiger partial charge is 0.0492 e. The molecule has 0 bridgehead atoms. The van der Waals surface area contributed by atoms with E-state index in [0.29, 0.717) is 0 Å². The molecule has 18 heavy (non-hydrogen) atoms. The lowest BCUT2D eigenvalue weighted by Crippen LogP contribution is -2.40. The van der Waals surface area contributed by atoms with Crippen molar-refractivity contribution in [3.8, 4) is 0 Å². The molecule has 1 aromatic heterocycles. The van der Waals surface area contributed by atoms with Crippen LogP contribution >= 0.6 is 15.9 Å². The molecular weight excluding hydrogens is 288 g/mol. The van der Waals surface area contributed by atoms with Gasteiger partial charge in [0, 0.05) is 34.8 Å². The Bertz CT molecular complexity index is 528. The van der Waals surface area contributed by atoms with Crippen LogP contribution in [0.5, 0.6) is 0 Å². The molecule has 0 aliphatic carbocycles. The van der Waals surface area contributed by atoms with Crippen LogP contribution in [0.15, 0.2) is 34.9 Å². The van der Waals surface area contributed by atoms with Gasteiger partial charge < -0.3 is 9.88 Å². The molecule has 0 radical (unpaired) electrons. The molecule has 0 amide bonds. The first-order chi connectivity index (χ1) is 8.52. The molecule has 0 aliphatic heterocycles. The van der Waals surface area contributed by atoms with Crippen molar-refractivity contribution in [2.75, 3.05) is 6.54 Å². The second kappa shape index (κ2) is 5.45. The van der Waals surface area contributed by atoms with Gasteiger partial charge in [-0.05, 0) is 43.9 Å². The monoisotopic (exact) mass is 308 g/mol. The zero-order valence-electron chi connectivity index (χ0n) is 11.3. The molecule has 1 heterocycles. The van der Waals surface area contributed by atoms with E-state index in [-0.39, 0.29) is 5.54 Å². The number of aromatic nitrogens is 1. The Morgan fingerprint density at radius 1 is 1.28 bits per heavy atom. The molecule has 0 saturated heterocycles. The largest absolute Gasteiger partial charge is 0.346 e. The highest BCUT2D eigenvalue weighted by atomic mass is 79.9. The van der Waals surface area contributed by atoms with Crippen LogP contribution in [-0.4, -0.2) is 16.7 Å². The molecule has 0 aliphatic rings. The highest BCUT2D eigenvalue weighted by Crippen LogP contribution is 2.20. The average molecular weight is 309 g/mol. The fourth-order valence-corrected chi connectivity index (χ4v) is 2.34. The highest BCUT2D eigenvalue weighted by molar-refractivity contribution is 9.10. The summed E-state index contributed by atoms with van der Waals surface area (Å²) in [4.78, 5) is 0. The fourth-order valence-electron chi connectivity index (χ4n) is 1.99. The quantitative estimate of drug-likeness (QED) is 0.876. The zero-order valence-corrected chi connectivity index (χ0v) is 12.9. The molecule has 98 valence electrons. The second-order valence-electron chi connectivity index (χ2n) is 5.38. The average Bonchev–Trinajstić information content (AvgIpc) is 2.72. The third kappa shape index (κ3) is 3.15. The summed E-state index contributed by atoms with van der Waals surface area (Å²) in [5.74, 6) is 0. The first-order valence-electron chi connectivity index (χ1n) is 6.51. The summed E-state index contributed by atoms with van der Waals surface area (Å²) in [6, 6.07) is 8.59. The predicted octanol–water partition coefficient (Wildman–Crippen LogP) is 4.18. The SMILES string of the molecule is CCC(C)(C)NCCn1ccc2ccc(Br)cc21. The first-order valence-corrected chi connectivity index (χ1v) is 7.30. The number of hydrogen-bond acceptors (Lipinski definition) is 1. The van der Waals surface area contributed by atoms with E-state index < -0.39 is 0 Å². The number of rotatable bonds is 5. The summed E-state index contributed by atoms with van der Waals surface area (Å²) < 4.78 is 3.44. The highest BCUT2D eigenvalue weighted by Gasteiger charge is 2.12. The molecule has 3 heteroatoms. The maximum atomic E-state index is 3.59. The van der Waals surface area contributed by atoms with E-state index in [1.807, 2.05) is 0 Å². The summed E-state index contributed by atoms with van der Waals surface area (Å²) >= 11 is 3.53. The zero-order chi connectivity index (χ0) is 13.2. The van der Waals surface area contributed by atoms with Crippen molar-refractivity contribution in [3.05, 3.63) is 34.9 Å². The summed E-state index contributed by atoms with van der Waals surface area (Å²) in [7, 11) is 0. The lowest BCUT2D eigenvalue weighted by molar-refractivity contribution is 0.369. The molecule has 0 unspecified atom stereocenters. The van der Waals surface area contributed by atoms with E-state index in [2.05, 4.69) is 77.0 Å². The normalized spacial score (nSPS) is 12.2. The van der Waals surface area contributed by atoms with Gasteiger partial charge in [0.05, 0.1) is 0 Å². The Balaban J connectivity index is 2.06. The van der Waals surface area contributed by atoms with Crippen LogP contribution in [0.25, 0.3) is 10.9 Å². The van der Waals surface area contributed by atoms with Gasteiger partial charge in [-0.25, -0.2) is 0 Å². The molecule has 2 nitrogen and oxygen atoms in total. The Kier molecular flexibility index (Phi) is 4.13. The van der Waals surface area contributed by atoms with Crippen LogP contribution in [0, 0.1) is 0 Å². The predicted molar refractivity (Wildman–Crippen MR) is 82.0 cm³/mol. The summed E-state index contributed by atoms with van der Waals surface area (Å²) in [6.45, 7) is 8.71. The molecule has 0 spiro atoms. The molecule has 1 N–H and O–H groups in total. The van der Waals surface area contributed by atoms with Gasteiger partial charge in [-0.2, -0.15) is 0 Å². The molecular formula is C15H21BrN2. The van der Waals surface area contributed by atoms with Crippen molar-refractivity contribution in [1.82, 2.24) is 9.88 Å². The Morgan fingerprint density at radius 2 is 2.06 bits per heavy atom. The molecule has 0 fully saturated rings. The number of fused-ring (bicyclic) bond motifs is 1. The van der Waals surface area contributed by atoms with Gasteiger partial charge in [-0.1, -0.05) is 28.9 Å². The molecule has 2 rings (SSSR count). The summed E-state index contributed by atoms with van der Waals surface area (Å²) in [6.07, 6.45) is 3.31. The van der Waals surface area contributed by atoms with Crippen molar-refractivity contribution >= 4 is 26.8 Å². The molecule has 0 saturated carbocycles. The Hall–Kier alpha value is -0.800. The van der Waals surface area contributed by atoms with Gasteiger partial charge in [0.1, 0.15) is 0 Å². The van der Waals surface area contributed by atoms with E-state index in [1.165, 1.54) is 10.9 Å². The van der Waals surface area contributed by atoms with Crippen molar-refractivity contribution in [3.63, 3.8) is 0 Å². The van der Waals surface area contributed by atoms with Crippen LogP contribution in [0.1, 0.15) is 27.2 Å². The lowest BCUT2D eigenvalue weighted by Gasteiger charge is -2.24. The third-order valence-corrected chi connectivity index (χ3v) is 4.07. The van der Waals surface area contributed by atoms with Crippen molar-refractivity contribution in [2.24, 2.45) is 0 Å². The van der Waals surface area contributed by atoms with Crippen LogP contribution in [0.4, 0.5) is 0 Å². The minimum Gasteiger partial charge on any atom is -0.346 e. The Morgan fingerprint density at radius 3 is 2.78 bits per heavy atom. The van der Waals surface area contributed by atoms with Gasteiger partial charge in [0.15, 0.2) is 0 Å². The van der Waals surface area contributed by atoms with Crippen molar-refractivity contribution in [2.45, 2.75) is 39.3 Å². The molecule has 1 aromatic carbocycles. The van der Waals surface area contributed by atoms with E-state index >= 15 is 0 Å². The van der Waals surface area contributed by atoms with Crippen molar-refractivity contribution < 1.29 is 0 Å². The number of nitrogens with one attached hydrogen (secondary N) is 1. The lowest BCUT2D eigenvalue weighted by atomic mass is 10.0. The van der Waals surface area contributed by atoms with Gasteiger partial charge >= 0.3 is 0 Å². The topological polar surface area (TPSA) is 17.0 Å². The van der Waals surface area contributed by atoms with Crippen LogP contribution < -0.4 is 5.32 Å². The number of benzene rings is 1. The number of hydrogen-bond donors (Lipinski definition) is 1. The van der Waals surface area contributed by atoms with Crippen LogP contribution in [0.3, 0.4) is 0 Å². The standard InChI is InChI=1S/C15H21BrN2/c1-4-15(2,3)17-8-10-18-9-7-12-5-6-13(16)11-14(12)18/h5-7,9,11,17H,4,8,10H2,1-3H3. The van der Waals surface area contributed by atoms with E-state index in [0.717, 1.165) is 24.0 Å². The fraction of sp³-hybridized carbons (Fsp3) is 0.467. The second-order valence-corrected chi connectivity index (χ2v) is 6.29. The number of halogens is 1. The van der Waals surface area contributed by atoms with Gasteiger partial charge in [-0.15, -0.1) is 0 Å². The maximum absolute atomic E-state index is 3.59. The van der Waals surface area contributed by atoms with Crippen molar-refractivity contribution in [1.29, 1.82) is 0 Å². The minimum atomic E-state index is 0.226.